The molecule has 3 rings (SSSR count). The molecule has 0 bridgehead atoms. The highest BCUT2D eigenvalue weighted by Crippen LogP contribution is 2.23. The molecule has 5 heteroatoms. The Bertz CT molecular complexity index is 919. The van der Waals surface area contributed by atoms with Gasteiger partial charge in [0.1, 0.15) is 0 Å². The van der Waals surface area contributed by atoms with Crippen LogP contribution in [-0.2, 0) is 10.5 Å². The predicted octanol–water partition coefficient (Wildman–Crippen LogP) is 5.06. The number of para-hydroxylation sites is 1. The lowest BCUT2D eigenvalue weighted by molar-refractivity contribution is -0.115. The van der Waals surface area contributed by atoms with Crippen LogP contribution in [0.5, 0.6) is 0 Å². The quantitative estimate of drug-likeness (QED) is 0.584. The number of benzene rings is 2. The number of rotatable bonds is 7. The second kappa shape index (κ2) is 8.91. The summed E-state index contributed by atoms with van der Waals surface area (Å²) in [7, 11) is 0. The molecule has 3 aromatic rings. The molecule has 0 aliphatic heterocycles. The molecule has 0 spiro atoms. The maximum absolute atomic E-state index is 12.4. The van der Waals surface area contributed by atoms with Crippen molar-refractivity contribution >= 4 is 23.4 Å². The number of carbonyl (C=O) groups excluding carboxylic acids is 1. The minimum atomic E-state index is 0.0334. The number of hydrogen-bond donors (Lipinski definition) is 1. The van der Waals surface area contributed by atoms with E-state index in [-0.39, 0.29) is 5.91 Å². The van der Waals surface area contributed by atoms with Gasteiger partial charge in [-0.3, -0.25) is 4.79 Å². The van der Waals surface area contributed by atoms with Crippen LogP contribution in [-0.4, -0.2) is 21.4 Å². The lowest BCUT2D eigenvalue weighted by atomic mass is 10.1. The first-order valence-electron chi connectivity index (χ1n) is 9.10. The van der Waals surface area contributed by atoms with Gasteiger partial charge in [0.2, 0.25) is 5.91 Å². The predicted molar refractivity (Wildman–Crippen MR) is 114 cm³/mol. The van der Waals surface area contributed by atoms with Crippen molar-refractivity contribution in [1.82, 2.24) is 9.78 Å². The molecule has 27 heavy (non-hydrogen) atoms. The molecular formula is C22H25N3OS. The molecule has 1 heterocycles. The number of carbonyl (C=O) groups is 1. The van der Waals surface area contributed by atoms with E-state index in [4.69, 9.17) is 0 Å². The SMILES string of the molecule is Cc1ccccc1CSCCC(=O)Nc1c(C)nn(-c2ccccc2)c1C. The molecule has 0 fully saturated rings. The van der Waals surface area contributed by atoms with Crippen LogP contribution < -0.4 is 5.32 Å². The fourth-order valence-electron chi connectivity index (χ4n) is 2.97. The molecule has 1 N–H and O–H groups in total. The first-order valence-corrected chi connectivity index (χ1v) is 10.3. The molecule has 0 saturated carbocycles. The highest BCUT2D eigenvalue weighted by molar-refractivity contribution is 7.98. The Kier molecular flexibility index (Phi) is 6.35. The second-order valence-electron chi connectivity index (χ2n) is 6.57. The summed E-state index contributed by atoms with van der Waals surface area (Å²) in [5.74, 6) is 1.76. The van der Waals surface area contributed by atoms with Crippen molar-refractivity contribution in [2.24, 2.45) is 0 Å². The zero-order valence-electron chi connectivity index (χ0n) is 16.0. The highest BCUT2D eigenvalue weighted by Gasteiger charge is 2.15. The van der Waals surface area contributed by atoms with Gasteiger partial charge in [-0.25, -0.2) is 4.68 Å². The molecule has 1 aromatic heterocycles. The van der Waals surface area contributed by atoms with Gasteiger partial charge in [-0.15, -0.1) is 0 Å². The van der Waals surface area contributed by atoms with Crippen molar-refractivity contribution in [3.8, 4) is 5.69 Å². The van der Waals surface area contributed by atoms with E-state index in [1.165, 1.54) is 11.1 Å². The van der Waals surface area contributed by atoms with Crippen molar-refractivity contribution in [3.05, 3.63) is 77.1 Å². The Balaban J connectivity index is 1.55. The summed E-state index contributed by atoms with van der Waals surface area (Å²) in [5, 5.41) is 7.62. The third kappa shape index (κ3) is 4.80. The zero-order valence-corrected chi connectivity index (χ0v) is 16.8. The molecule has 140 valence electrons. The monoisotopic (exact) mass is 379 g/mol. The third-order valence-corrected chi connectivity index (χ3v) is 5.56. The fourth-order valence-corrected chi connectivity index (χ4v) is 3.98. The van der Waals surface area contributed by atoms with Crippen LogP contribution in [0.1, 0.15) is 28.9 Å². The average Bonchev–Trinajstić information content (AvgIpc) is 2.95. The molecule has 0 radical (unpaired) electrons. The Morgan fingerprint density at radius 2 is 1.74 bits per heavy atom. The number of anilines is 1. The average molecular weight is 380 g/mol. The summed E-state index contributed by atoms with van der Waals surface area (Å²) < 4.78 is 1.87. The van der Waals surface area contributed by atoms with Crippen molar-refractivity contribution < 1.29 is 4.79 Å². The first kappa shape index (κ1) is 19.2. The minimum absolute atomic E-state index is 0.0334. The second-order valence-corrected chi connectivity index (χ2v) is 7.68. The molecular weight excluding hydrogens is 354 g/mol. The van der Waals surface area contributed by atoms with E-state index in [9.17, 15) is 4.79 Å². The van der Waals surface area contributed by atoms with Gasteiger partial charge < -0.3 is 5.32 Å². The molecule has 0 aliphatic carbocycles. The van der Waals surface area contributed by atoms with Gasteiger partial charge in [0, 0.05) is 17.9 Å². The highest BCUT2D eigenvalue weighted by atomic mass is 32.2. The zero-order chi connectivity index (χ0) is 19.2. The van der Waals surface area contributed by atoms with E-state index >= 15 is 0 Å². The van der Waals surface area contributed by atoms with Gasteiger partial charge >= 0.3 is 0 Å². The van der Waals surface area contributed by atoms with Crippen LogP contribution in [0, 0.1) is 20.8 Å². The van der Waals surface area contributed by atoms with Crippen molar-refractivity contribution in [2.45, 2.75) is 32.9 Å². The van der Waals surface area contributed by atoms with Gasteiger partial charge in [-0.2, -0.15) is 16.9 Å². The standard InChI is InChI=1S/C22H25N3OS/c1-16-9-7-8-10-19(16)15-27-14-13-21(26)23-22-17(2)24-25(18(22)3)20-11-5-4-6-12-20/h4-12H,13-15H2,1-3H3,(H,23,26). The largest absolute Gasteiger partial charge is 0.323 e. The topological polar surface area (TPSA) is 46.9 Å². The summed E-state index contributed by atoms with van der Waals surface area (Å²) >= 11 is 1.79. The Morgan fingerprint density at radius 3 is 2.48 bits per heavy atom. The molecule has 0 unspecified atom stereocenters. The number of nitrogens with zero attached hydrogens (tertiary/aromatic N) is 2. The van der Waals surface area contributed by atoms with Gasteiger partial charge in [0.25, 0.3) is 0 Å². The molecule has 0 saturated heterocycles. The number of aromatic nitrogens is 2. The number of nitrogens with one attached hydrogen (secondary N) is 1. The van der Waals surface area contributed by atoms with E-state index in [1.54, 1.807) is 11.8 Å². The number of aryl methyl sites for hydroxylation is 2. The number of amides is 1. The van der Waals surface area contributed by atoms with Crippen LogP contribution in [0.2, 0.25) is 0 Å². The smallest absolute Gasteiger partial charge is 0.225 e. The lowest BCUT2D eigenvalue weighted by Gasteiger charge is -2.08. The summed E-state index contributed by atoms with van der Waals surface area (Å²) in [5.41, 5.74) is 6.21. The van der Waals surface area contributed by atoms with Crippen molar-refractivity contribution in [3.63, 3.8) is 0 Å². The molecule has 2 aromatic carbocycles. The lowest BCUT2D eigenvalue weighted by Crippen LogP contribution is -2.13. The van der Waals surface area contributed by atoms with Crippen LogP contribution in [0.4, 0.5) is 5.69 Å². The van der Waals surface area contributed by atoms with E-state index < -0.39 is 0 Å². The van der Waals surface area contributed by atoms with E-state index in [0.29, 0.717) is 6.42 Å². The first-order chi connectivity index (χ1) is 13.1. The molecule has 1 amide bonds. The Labute approximate surface area is 165 Å². The van der Waals surface area contributed by atoms with E-state index in [0.717, 1.165) is 34.3 Å². The summed E-state index contributed by atoms with van der Waals surface area (Å²) in [6, 6.07) is 18.3. The Morgan fingerprint density at radius 1 is 1.04 bits per heavy atom. The summed E-state index contributed by atoms with van der Waals surface area (Å²) in [6.07, 6.45) is 0.492. The van der Waals surface area contributed by atoms with E-state index in [1.807, 2.05) is 48.9 Å². The maximum Gasteiger partial charge on any atom is 0.225 e. The number of hydrogen-bond acceptors (Lipinski definition) is 3. The van der Waals surface area contributed by atoms with Crippen molar-refractivity contribution in [1.29, 1.82) is 0 Å². The molecule has 0 atom stereocenters. The van der Waals surface area contributed by atoms with Crippen LogP contribution >= 0.6 is 11.8 Å². The third-order valence-electron chi connectivity index (χ3n) is 4.55. The maximum atomic E-state index is 12.4. The van der Waals surface area contributed by atoms with Crippen LogP contribution in [0.3, 0.4) is 0 Å². The molecule has 0 aliphatic rings. The minimum Gasteiger partial charge on any atom is -0.323 e. The Hall–Kier alpha value is -2.53. The van der Waals surface area contributed by atoms with E-state index in [2.05, 4.69) is 41.6 Å². The van der Waals surface area contributed by atoms with Crippen molar-refractivity contribution in [2.75, 3.05) is 11.1 Å². The summed E-state index contributed by atoms with van der Waals surface area (Å²) in [6.45, 7) is 6.03. The fraction of sp³-hybridized carbons (Fsp3) is 0.273. The van der Waals surface area contributed by atoms with Gasteiger partial charge in [-0.1, -0.05) is 42.5 Å². The normalized spacial score (nSPS) is 10.8. The molecule has 4 nitrogen and oxygen atoms in total. The summed E-state index contributed by atoms with van der Waals surface area (Å²) in [4.78, 5) is 12.4. The van der Waals surface area contributed by atoms with Gasteiger partial charge in [-0.05, 0) is 44.0 Å². The van der Waals surface area contributed by atoms with Crippen LogP contribution in [0.15, 0.2) is 54.6 Å². The number of thioether (sulfide) groups is 1. The van der Waals surface area contributed by atoms with Gasteiger partial charge in [0.05, 0.1) is 22.8 Å². The van der Waals surface area contributed by atoms with Gasteiger partial charge in [0.15, 0.2) is 0 Å². The van der Waals surface area contributed by atoms with Crippen LogP contribution in [0.25, 0.3) is 5.69 Å².